The first-order chi connectivity index (χ1) is 6.26. The van der Waals surface area contributed by atoms with Gasteiger partial charge in [-0.05, 0) is 31.8 Å². The van der Waals surface area contributed by atoms with Crippen molar-refractivity contribution >= 4 is 5.97 Å². The number of esters is 1. The zero-order chi connectivity index (χ0) is 9.68. The quantitative estimate of drug-likeness (QED) is 0.618. The normalized spacial score (nSPS) is 23.4. The third-order valence-electron chi connectivity index (χ3n) is 2.59. The number of carbonyl (C=O) groups excluding carboxylic acids is 1. The molecule has 1 aliphatic heterocycles. The second kappa shape index (κ2) is 5.22. The predicted molar refractivity (Wildman–Crippen MR) is 51.5 cm³/mol. The maximum atomic E-state index is 11.0. The monoisotopic (exact) mass is 185 g/mol. The molecule has 0 spiro atoms. The molecule has 1 heterocycles. The zero-order valence-electron chi connectivity index (χ0n) is 8.58. The van der Waals surface area contributed by atoms with Crippen molar-refractivity contribution in [3.63, 3.8) is 0 Å². The van der Waals surface area contributed by atoms with E-state index < -0.39 is 0 Å². The van der Waals surface area contributed by atoms with Crippen LogP contribution in [0, 0.1) is 5.92 Å². The van der Waals surface area contributed by atoms with Gasteiger partial charge in [-0.3, -0.25) is 4.79 Å². The second-order valence-electron chi connectivity index (χ2n) is 3.74. The molecule has 76 valence electrons. The Bertz CT molecular complexity index is 170. The van der Waals surface area contributed by atoms with Crippen LogP contribution in [-0.4, -0.2) is 37.6 Å². The van der Waals surface area contributed by atoms with E-state index >= 15 is 0 Å². The van der Waals surface area contributed by atoms with Gasteiger partial charge in [0, 0.05) is 13.0 Å². The SMILES string of the molecule is CCCN1CCC(CC(=O)OC)C1. The van der Waals surface area contributed by atoms with Crippen LogP contribution in [0.3, 0.4) is 0 Å². The molecule has 0 aliphatic carbocycles. The highest BCUT2D eigenvalue weighted by molar-refractivity contribution is 5.69. The van der Waals surface area contributed by atoms with Crippen molar-refractivity contribution in [2.45, 2.75) is 26.2 Å². The van der Waals surface area contributed by atoms with E-state index in [1.807, 2.05) is 0 Å². The summed E-state index contributed by atoms with van der Waals surface area (Å²) in [7, 11) is 1.46. The average molecular weight is 185 g/mol. The van der Waals surface area contributed by atoms with Crippen LogP contribution >= 0.6 is 0 Å². The molecular weight excluding hydrogens is 166 g/mol. The summed E-state index contributed by atoms with van der Waals surface area (Å²) < 4.78 is 4.65. The number of rotatable bonds is 4. The molecule has 1 aliphatic rings. The predicted octanol–water partition coefficient (Wildman–Crippen LogP) is 1.28. The lowest BCUT2D eigenvalue weighted by molar-refractivity contribution is -0.141. The highest BCUT2D eigenvalue weighted by Crippen LogP contribution is 2.19. The first-order valence-electron chi connectivity index (χ1n) is 5.05. The first kappa shape index (κ1) is 10.5. The van der Waals surface area contributed by atoms with E-state index in [0.29, 0.717) is 12.3 Å². The standard InChI is InChI=1S/C10H19NO2/c1-3-5-11-6-4-9(8-11)7-10(12)13-2/h9H,3-8H2,1-2H3. The van der Waals surface area contributed by atoms with Crippen molar-refractivity contribution in [2.24, 2.45) is 5.92 Å². The van der Waals surface area contributed by atoms with Crippen molar-refractivity contribution in [3.8, 4) is 0 Å². The summed E-state index contributed by atoms with van der Waals surface area (Å²) in [4.78, 5) is 13.4. The fraction of sp³-hybridized carbons (Fsp3) is 0.900. The third-order valence-corrected chi connectivity index (χ3v) is 2.59. The number of likely N-dealkylation sites (tertiary alicyclic amines) is 1. The molecule has 0 bridgehead atoms. The maximum absolute atomic E-state index is 11.0. The molecule has 0 aromatic carbocycles. The van der Waals surface area contributed by atoms with Gasteiger partial charge < -0.3 is 9.64 Å². The maximum Gasteiger partial charge on any atom is 0.305 e. The van der Waals surface area contributed by atoms with E-state index in [0.717, 1.165) is 26.1 Å². The Balaban J connectivity index is 2.20. The Hall–Kier alpha value is -0.570. The van der Waals surface area contributed by atoms with Gasteiger partial charge in [-0.25, -0.2) is 0 Å². The van der Waals surface area contributed by atoms with Crippen molar-refractivity contribution < 1.29 is 9.53 Å². The Kier molecular flexibility index (Phi) is 4.22. The molecule has 13 heavy (non-hydrogen) atoms. The second-order valence-corrected chi connectivity index (χ2v) is 3.74. The summed E-state index contributed by atoms with van der Waals surface area (Å²) in [6.07, 6.45) is 2.94. The van der Waals surface area contributed by atoms with Gasteiger partial charge in [-0.2, -0.15) is 0 Å². The molecule has 1 fully saturated rings. The number of carbonyl (C=O) groups is 1. The Morgan fingerprint density at radius 2 is 2.38 bits per heavy atom. The molecule has 1 unspecified atom stereocenters. The lowest BCUT2D eigenvalue weighted by Crippen LogP contribution is -2.22. The molecule has 0 N–H and O–H groups in total. The van der Waals surface area contributed by atoms with Crippen LogP contribution in [0.15, 0.2) is 0 Å². The van der Waals surface area contributed by atoms with Crippen molar-refractivity contribution in [3.05, 3.63) is 0 Å². The van der Waals surface area contributed by atoms with Crippen LogP contribution in [0.5, 0.6) is 0 Å². The van der Waals surface area contributed by atoms with Gasteiger partial charge in [-0.15, -0.1) is 0 Å². The van der Waals surface area contributed by atoms with E-state index in [9.17, 15) is 4.79 Å². The largest absolute Gasteiger partial charge is 0.469 e. The summed E-state index contributed by atoms with van der Waals surface area (Å²) in [5, 5.41) is 0. The van der Waals surface area contributed by atoms with Crippen LogP contribution in [0.2, 0.25) is 0 Å². The van der Waals surface area contributed by atoms with E-state index in [4.69, 9.17) is 0 Å². The van der Waals surface area contributed by atoms with E-state index in [2.05, 4.69) is 16.6 Å². The number of hydrogen-bond donors (Lipinski definition) is 0. The molecule has 1 rings (SSSR count). The number of methoxy groups -OCH3 is 1. The minimum Gasteiger partial charge on any atom is -0.469 e. The minimum atomic E-state index is -0.0663. The molecule has 3 heteroatoms. The number of hydrogen-bond acceptors (Lipinski definition) is 3. The topological polar surface area (TPSA) is 29.5 Å². The molecule has 0 amide bonds. The number of ether oxygens (including phenoxy) is 1. The summed E-state index contributed by atoms with van der Waals surface area (Å²) in [5.41, 5.74) is 0. The molecule has 0 radical (unpaired) electrons. The van der Waals surface area contributed by atoms with E-state index in [-0.39, 0.29) is 5.97 Å². The molecule has 0 saturated carbocycles. The molecule has 3 nitrogen and oxygen atoms in total. The van der Waals surface area contributed by atoms with E-state index in [1.54, 1.807) is 0 Å². The fourth-order valence-corrected chi connectivity index (χ4v) is 1.92. The molecular formula is C10H19NO2. The molecule has 1 atom stereocenters. The van der Waals surface area contributed by atoms with Gasteiger partial charge in [0.15, 0.2) is 0 Å². The van der Waals surface area contributed by atoms with Crippen molar-refractivity contribution in [1.82, 2.24) is 4.90 Å². The molecule has 0 aromatic heterocycles. The lowest BCUT2D eigenvalue weighted by Gasteiger charge is -2.13. The summed E-state index contributed by atoms with van der Waals surface area (Å²) in [6, 6.07) is 0. The summed E-state index contributed by atoms with van der Waals surface area (Å²) >= 11 is 0. The average Bonchev–Trinajstić information content (AvgIpc) is 2.53. The van der Waals surface area contributed by atoms with Crippen LogP contribution in [-0.2, 0) is 9.53 Å². The van der Waals surface area contributed by atoms with Crippen molar-refractivity contribution in [2.75, 3.05) is 26.7 Å². The van der Waals surface area contributed by atoms with E-state index in [1.165, 1.54) is 13.5 Å². The van der Waals surface area contributed by atoms with Gasteiger partial charge in [0.05, 0.1) is 7.11 Å². The van der Waals surface area contributed by atoms with Gasteiger partial charge in [0.2, 0.25) is 0 Å². The van der Waals surface area contributed by atoms with Crippen LogP contribution in [0.4, 0.5) is 0 Å². The lowest BCUT2D eigenvalue weighted by atomic mass is 10.1. The molecule has 1 saturated heterocycles. The Morgan fingerprint density at radius 3 is 3.00 bits per heavy atom. The van der Waals surface area contributed by atoms with Crippen molar-refractivity contribution in [1.29, 1.82) is 0 Å². The van der Waals surface area contributed by atoms with Gasteiger partial charge in [0.25, 0.3) is 0 Å². The third kappa shape index (κ3) is 3.35. The van der Waals surface area contributed by atoms with Gasteiger partial charge in [0.1, 0.15) is 0 Å². The Labute approximate surface area is 80.1 Å². The smallest absolute Gasteiger partial charge is 0.305 e. The van der Waals surface area contributed by atoms with Crippen LogP contribution in [0.25, 0.3) is 0 Å². The van der Waals surface area contributed by atoms with Crippen LogP contribution < -0.4 is 0 Å². The minimum absolute atomic E-state index is 0.0663. The number of nitrogens with zero attached hydrogens (tertiary/aromatic N) is 1. The first-order valence-corrected chi connectivity index (χ1v) is 5.05. The Morgan fingerprint density at radius 1 is 1.62 bits per heavy atom. The summed E-state index contributed by atoms with van der Waals surface area (Å²) in [5.74, 6) is 0.461. The highest BCUT2D eigenvalue weighted by atomic mass is 16.5. The zero-order valence-corrected chi connectivity index (χ0v) is 8.58. The van der Waals surface area contributed by atoms with Gasteiger partial charge >= 0.3 is 5.97 Å². The summed E-state index contributed by atoms with van der Waals surface area (Å²) in [6.45, 7) is 5.57. The highest BCUT2D eigenvalue weighted by Gasteiger charge is 2.23. The fourth-order valence-electron chi connectivity index (χ4n) is 1.92. The van der Waals surface area contributed by atoms with Crippen LogP contribution in [0.1, 0.15) is 26.2 Å². The van der Waals surface area contributed by atoms with Gasteiger partial charge in [-0.1, -0.05) is 6.92 Å². The molecule has 0 aromatic rings.